The van der Waals surface area contributed by atoms with Crippen LogP contribution in [-0.4, -0.2) is 47.1 Å². The SMILES string of the molecule is CC(C)(C)C1=CC=C(C(C)(C)C)C(=O)C1=O.CC(C)(C)C1=CC=C(C(C)(C)C)C(=O)C1=O.CC(C)(C)C1=CC=C(C(C)(C)C)C(=O)C1=O.CC(C)c1cccc(C(C)C)c1N=CC=Nc1c(C(C)C)cccc1C(C)C.CCCCC.CCCCC.[Ni]. The number of Topliss-reactive ketones (excluding diaryl/α,β-unsaturated/α-hetero) is 6. The number of benzene rings is 2. The van der Waals surface area contributed by atoms with Gasteiger partial charge in [-0.2, -0.15) is 0 Å². The molecule has 8 nitrogen and oxygen atoms in total. The molecule has 3 aliphatic rings. The van der Waals surface area contributed by atoms with Crippen LogP contribution in [0.2, 0.25) is 0 Å². The van der Waals surface area contributed by atoms with E-state index in [1.807, 2.05) is 137 Å². The van der Waals surface area contributed by atoms with Crippen LogP contribution in [-0.2, 0) is 45.3 Å². The molecule has 2 aromatic carbocycles. The summed E-state index contributed by atoms with van der Waals surface area (Å²) < 4.78 is 0. The van der Waals surface area contributed by atoms with Crippen molar-refractivity contribution in [2.24, 2.45) is 42.5 Å². The van der Waals surface area contributed by atoms with Gasteiger partial charge in [0.25, 0.3) is 0 Å². The molecule has 5 rings (SSSR count). The van der Waals surface area contributed by atoms with Crippen molar-refractivity contribution in [2.75, 3.05) is 0 Å². The maximum absolute atomic E-state index is 12.0. The van der Waals surface area contributed by atoms with Crippen LogP contribution in [0.15, 0.2) is 116 Å². The number of hydrogen-bond acceptors (Lipinski definition) is 8. The standard InChI is InChI=1S/C26H36N2.3C14H20O2.2C5H12.Ni/c1-17(2)21-11-9-12-22(18(3)4)25(21)27-15-16-28-26-23(19(5)6)13-10-14-24(26)20(7)8;3*1-13(2,3)9-7-8-10(14(4,5)6)12(16)11(9)15;2*1-3-5-4-2;/h9-20H,1-8H3;3*7-8H,1-6H3;2*3-5H2,1-2H3;. The fraction of sp³-hybridized carbons (Fsp3) is 0.590. The van der Waals surface area contributed by atoms with Crippen molar-refractivity contribution >= 4 is 58.5 Å². The molecule has 0 bridgehead atoms. The Morgan fingerprint density at radius 3 is 0.563 bits per heavy atom. The van der Waals surface area contributed by atoms with E-state index >= 15 is 0 Å². The molecule has 0 spiro atoms. The number of carbonyl (C=O) groups excluding carboxylic acids is 6. The number of allylic oxidation sites excluding steroid dienone is 12. The molecule has 0 heterocycles. The molecule has 0 unspecified atom stereocenters. The summed E-state index contributed by atoms with van der Waals surface area (Å²) in [6.07, 6.45) is 22.6. The fourth-order valence-corrected chi connectivity index (χ4v) is 9.48. The summed E-state index contributed by atoms with van der Waals surface area (Å²) in [5.74, 6) is -0.317. The zero-order valence-corrected chi connectivity index (χ0v) is 61.3. The zero-order valence-electron chi connectivity index (χ0n) is 60.3. The number of nitrogens with zero attached hydrogens (tertiary/aromatic N) is 2. The zero-order chi connectivity index (χ0) is 67.3. The van der Waals surface area contributed by atoms with Gasteiger partial charge in [0, 0.05) is 62.4 Å². The van der Waals surface area contributed by atoms with Crippen molar-refractivity contribution in [3.8, 4) is 0 Å². The third-order valence-electron chi connectivity index (χ3n) is 14.8. The van der Waals surface area contributed by atoms with E-state index < -0.39 is 0 Å². The van der Waals surface area contributed by atoms with Crippen molar-refractivity contribution < 1.29 is 45.3 Å². The molecule has 3 aliphatic carbocycles. The first-order valence-electron chi connectivity index (χ1n) is 32.1. The first kappa shape index (κ1) is 83.8. The molecule has 0 fully saturated rings. The predicted molar refractivity (Wildman–Crippen MR) is 371 cm³/mol. The number of aliphatic imine (C=N–C) groups is 2. The van der Waals surface area contributed by atoms with Gasteiger partial charge in [-0.05, 0) is 78.4 Å². The van der Waals surface area contributed by atoms with Crippen molar-refractivity contribution in [2.45, 2.75) is 270 Å². The predicted octanol–water partition coefficient (Wildman–Crippen LogP) is 21.9. The van der Waals surface area contributed by atoms with Gasteiger partial charge in [0.05, 0.1) is 11.4 Å². The molecule has 0 aliphatic heterocycles. The molecule has 2 aromatic rings. The fourth-order valence-electron chi connectivity index (χ4n) is 9.48. The van der Waals surface area contributed by atoms with E-state index in [1.54, 1.807) is 36.5 Å². The van der Waals surface area contributed by atoms with E-state index in [2.05, 4.69) is 119 Å². The van der Waals surface area contributed by atoms with Gasteiger partial charge in [0.1, 0.15) is 0 Å². The largest absolute Gasteiger partial charge is 0.285 e. The maximum Gasteiger partial charge on any atom is 0.229 e. The summed E-state index contributed by atoms with van der Waals surface area (Å²) in [6, 6.07) is 13.0. The molecule has 488 valence electrons. The molecule has 0 radical (unpaired) electrons. The first-order valence-corrected chi connectivity index (χ1v) is 32.1. The summed E-state index contributed by atoms with van der Waals surface area (Å²) in [7, 11) is 0. The molecule has 0 saturated carbocycles. The average Bonchev–Trinajstić information content (AvgIpc) is 1.69. The Hall–Kier alpha value is -5.27. The van der Waals surface area contributed by atoms with Crippen LogP contribution >= 0.6 is 0 Å². The summed E-state index contributed by atoms with van der Waals surface area (Å²) in [5, 5.41) is 0. The van der Waals surface area contributed by atoms with Gasteiger partial charge in [-0.25, -0.2) is 0 Å². The van der Waals surface area contributed by atoms with Gasteiger partial charge in [-0.3, -0.25) is 38.8 Å². The molecule has 9 heteroatoms. The Balaban J connectivity index is 0. The Morgan fingerprint density at radius 1 is 0.310 bits per heavy atom. The van der Waals surface area contributed by atoms with Crippen molar-refractivity contribution in [3.05, 3.63) is 129 Å². The molecule has 0 saturated heterocycles. The van der Waals surface area contributed by atoms with Gasteiger partial charge in [-0.1, -0.05) is 319 Å². The Bertz CT molecular complexity index is 2450. The number of carbonyl (C=O) groups is 6. The third-order valence-corrected chi connectivity index (χ3v) is 14.8. The topological polar surface area (TPSA) is 127 Å². The molecule has 0 amide bonds. The summed E-state index contributed by atoms with van der Waals surface area (Å²) >= 11 is 0. The van der Waals surface area contributed by atoms with Gasteiger partial charge in [0.15, 0.2) is 0 Å². The Labute approximate surface area is 541 Å². The Kier molecular flexibility index (Phi) is 35.1. The van der Waals surface area contributed by atoms with Crippen molar-refractivity contribution in [1.29, 1.82) is 0 Å². The monoisotopic (exact) mass is 1240 g/mol. The van der Waals surface area contributed by atoms with E-state index in [0.29, 0.717) is 57.1 Å². The molecule has 87 heavy (non-hydrogen) atoms. The van der Waals surface area contributed by atoms with Crippen LogP contribution in [0.3, 0.4) is 0 Å². The quantitative estimate of drug-likeness (QED) is 0.0954. The molecular formula is C78H120N2NiO6. The van der Waals surface area contributed by atoms with Crippen molar-refractivity contribution in [1.82, 2.24) is 0 Å². The average molecular weight is 1240 g/mol. The second-order valence-corrected chi connectivity index (χ2v) is 30.4. The molecule has 0 atom stereocenters. The van der Waals surface area contributed by atoms with E-state index in [4.69, 9.17) is 9.98 Å². The van der Waals surface area contributed by atoms with E-state index in [9.17, 15) is 28.8 Å². The second-order valence-electron chi connectivity index (χ2n) is 30.4. The van der Waals surface area contributed by atoms with E-state index in [1.165, 1.54) is 60.8 Å². The Morgan fingerprint density at radius 2 is 0.460 bits per heavy atom. The maximum atomic E-state index is 12.0. The number of hydrogen-bond donors (Lipinski definition) is 0. The van der Waals surface area contributed by atoms with Gasteiger partial charge < -0.3 is 0 Å². The van der Waals surface area contributed by atoms with Crippen LogP contribution < -0.4 is 0 Å². The summed E-state index contributed by atoms with van der Waals surface area (Å²) in [5.41, 5.74) is 9.35. The number of rotatable bonds is 11. The minimum absolute atomic E-state index is 0. The minimum Gasteiger partial charge on any atom is -0.285 e. The van der Waals surface area contributed by atoms with Crippen molar-refractivity contribution in [3.63, 3.8) is 0 Å². The smallest absolute Gasteiger partial charge is 0.229 e. The first-order chi connectivity index (χ1) is 39.2. The third kappa shape index (κ3) is 26.8. The molecule has 0 N–H and O–H groups in total. The second kappa shape index (κ2) is 36.4. The van der Waals surface area contributed by atoms with Crippen LogP contribution in [0.5, 0.6) is 0 Å². The minimum atomic E-state index is -0.347. The van der Waals surface area contributed by atoms with E-state index in [0.717, 1.165) is 11.4 Å². The van der Waals surface area contributed by atoms with Crippen LogP contribution in [0.4, 0.5) is 11.4 Å². The van der Waals surface area contributed by atoms with Crippen LogP contribution in [0.25, 0.3) is 0 Å². The van der Waals surface area contributed by atoms with Crippen LogP contribution in [0.1, 0.15) is 292 Å². The van der Waals surface area contributed by atoms with Gasteiger partial charge in [-0.15, -0.1) is 0 Å². The summed E-state index contributed by atoms with van der Waals surface area (Å²) in [6.45, 7) is 61.6. The number of unbranched alkanes of at least 4 members (excludes halogenated alkanes) is 4. The van der Waals surface area contributed by atoms with Gasteiger partial charge >= 0.3 is 0 Å². The number of ketones is 6. The van der Waals surface area contributed by atoms with Gasteiger partial charge in [0.2, 0.25) is 34.7 Å². The van der Waals surface area contributed by atoms with E-state index in [-0.39, 0.29) is 83.7 Å². The summed E-state index contributed by atoms with van der Waals surface area (Å²) in [4.78, 5) is 81.5. The normalized spacial score (nSPS) is 15.1. The number of para-hydroxylation sites is 2. The van der Waals surface area contributed by atoms with Crippen LogP contribution in [0, 0.1) is 32.5 Å². The molecule has 0 aromatic heterocycles. The molecular weight excluding hydrogens is 1120 g/mol.